The number of hydrogen-bond acceptors (Lipinski definition) is 3. The van der Waals surface area contributed by atoms with Crippen molar-refractivity contribution >= 4 is 11.9 Å². The van der Waals surface area contributed by atoms with Crippen molar-refractivity contribution in [1.82, 2.24) is 4.90 Å². The molecule has 0 aromatic rings. The van der Waals surface area contributed by atoms with Crippen molar-refractivity contribution < 1.29 is 19.8 Å². The van der Waals surface area contributed by atoms with E-state index < -0.39 is 17.3 Å². The molecule has 0 aromatic carbocycles. The minimum Gasteiger partial charge on any atom is -0.480 e. The minimum absolute atomic E-state index is 0.0910. The number of aliphatic hydroxyl groups excluding tert-OH is 1. The lowest BCUT2D eigenvalue weighted by molar-refractivity contribution is -0.159. The number of aliphatic hydroxyl groups is 1. The maximum absolute atomic E-state index is 12.2. The van der Waals surface area contributed by atoms with Crippen LogP contribution < -0.4 is 0 Å². The summed E-state index contributed by atoms with van der Waals surface area (Å²) in [5.41, 5.74) is -1.42. The maximum atomic E-state index is 12.2. The summed E-state index contributed by atoms with van der Waals surface area (Å²) < 4.78 is 0. The summed E-state index contributed by atoms with van der Waals surface area (Å²) in [6.45, 7) is 2.92. The van der Waals surface area contributed by atoms with E-state index in [0.717, 1.165) is 25.7 Å². The fraction of sp³-hybridized carbons (Fsp3) is 0.833. The van der Waals surface area contributed by atoms with Gasteiger partial charge in [0.15, 0.2) is 0 Å². The van der Waals surface area contributed by atoms with Crippen LogP contribution in [0.3, 0.4) is 0 Å². The Morgan fingerprint density at radius 1 is 1.29 bits per heavy atom. The molecule has 0 unspecified atom stereocenters. The zero-order valence-electron chi connectivity index (χ0n) is 10.5. The summed E-state index contributed by atoms with van der Waals surface area (Å²) in [6, 6.07) is 0.0910. The van der Waals surface area contributed by atoms with Crippen LogP contribution in [0, 0.1) is 5.41 Å². The van der Waals surface area contributed by atoms with E-state index in [-0.39, 0.29) is 19.2 Å². The molecule has 1 amide bonds. The predicted octanol–water partition coefficient (Wildman–Crippen LogP) is 0.861. The third-order valence-corrected chi connectivity index (χ3v) is 3.44. The fourth-order valence-corrected chi connectivity index (χ4v) is 2.22. The zero-order chi connectivity index (χ0) is 13.1. The molecule has 5 heteroatoms. The molecule has 0 heterocycles. The van der Waals surface area contributed by atoms with Gasteiger partial charge in [0.1, 0.15) is 5.41 Å². The quantitative estimate of drug-likeness (QED) is 0.702. The smallest absolute Gasteiger partial charge is 0.318 e. The van der Waals surface area contributed by atoms with E-state index in [1.807, 2.05) is 0 Å². The number of rotatable bonds is 5. The van der Waals surface area contributed by atoms with Gasteiger partial charge in [-0.1, -0.05) is 12.8 Å². The fourth-order valence-electron chi connectivity index (χ4n) is 2.22. The van der Waals surface area contributed by atoms with Gasteiger partial charge in [-0.15, -0.1) is 0 Å². The lowest BCUT2D eigenvalue weighted by Crippen LogP contribution is -2.50. The van der Waals surface area contributed by atoms with Crippen LogP contribution in [0.2, 0.25) is 0 Å². The molecule has 0 bridgehead atoms. The molecule has 0 radical (unpaired) electrons. The van der Waals surface area contributed by atoms with Gasteiger partial charge in [0.05, 0.1) is 6.61 Å². The van der Waals surface area contributed by atoms with E-state index in [0.29, 0.717) is 0 Å². The molecule has 5 nitrogen and oxygen atoms in total. The van der Waals surface area contributed by atoms with Crippen molar-refractivity contribution in [3.63, 3.8) is 0 Å². The molecule has 0 saturated heterocycles. The Balaban J connectivity index is 2.82. The van der Waals surface area contributed by atoms with Crippen LogP contribution in [0.25, 0.3) is 0 Å². The number of hydrogen-bond donors (Lipinski definition) is 2. The minimum atomic E-state index is -1.42. The Morgan fingerprint density at radius 2 is 1.82 bits per heavy atom. The summed E-state index contributed by atoms with van der Waals surface area (Å²) in [5.74, 6) is -1.52. The van der Waals surface area contributed by atoms with E-state index in [2.05, 4.69) is 0 Å². The lowest BCUT2D eigenvalue weighted by atomic mass is 9.91. The highest BCUT2D eigenvalue weighted by Crippen LogP contribution is 2.28. The molecule has 1 rings (SSSR count). The topological polar surface area (TPSA) is 77.8 Å². The first-order valence-electron chi connectivity index (χ1n) is 6.06. The standard InChI is InChI=1S/C12H21NO4/c1-12(2,11(16)17)10(15)13(7-8-14)9-5-3-4-6-9/h9,14H,3-8H2,1-2H3,(H,16,17). The van der Waals surface area contributed by atoms with Crippen LogP contribution in [-0.4, -0.2) is 46.2 Å². The summed E-state index contributed by atoms with van der Waals surface area (Å²) in [5, 5.41) is 18.1. The summed E-state index contributed by atoms with van der Waals surface area (Å²) >= 11 is 0. The van der Waals surface area contributed by atoms with E-state index in [4.69, 9.17) is 10.2 Å². The van der Waals surface area contributed by atoms with E-state index in [9.17, 15) is 9.59 Å². The Kier molecular flexibility index (Phi) is 4.51. The summed E-state index contributed by atoms with van der Waals surface area (Å²) in [7, 11) is 0. The average molecular weight is 243 g/mol. The van der Waals surface area contributed by atoms with E-state index in [1.54, 1.807) is 4.90 Å². The van der Waals surface area contributed by atoms with Crippen LogP contribution in [0.4, 0.5) is 0 Å². The normalized spacial score (nSPS) is 17.1. The number of carbonyl (C=O) groups excluding carboxylic acids is 1. The first-order chi connectivity index (χ1) is 7.91. The number of amides is 1. The highest BCUT2D eigenvalue weighted by atomic mass is 16.4. The molecular weight excluding hydrogens is 222 g/mol. The highest BCUT2D eigenvalue weighted by Gasteiger charge is 2.41. The molecule has 1 fully saturated rings. The second kappa shape index (κ2) is 5.49. The Hall–Kier alpha value is -1.10. The number of nitrogens with zero attached hydrogens (tertiary/aromatic N) is 1. The van der Waals surface area contributed by atoms with Crippen LogP contribution in [0.5, 0.6) is 0 Å². The van der Waals surface area contributed by atoms with Gasteiger partial charge in [0.2, 0.25) is 5.91 Å². The third kappa shape index (κ3) is 2.97. The SMILES string of the molecule is CC(C)(C(=O)O)C(=O)N(CCO)C1CCCC1. The van der Waals surface area contributed by atoms with Crippen LogP contribution in [-0.2, 0) is 9.59 Å². The second-order valence-electron chi connectivity index (χ2n) is 5.09. The van der Waals surface area contributed by atoms with Crippen molar-refractivity contribution in [2.75, 3.05) is 13.2 Å². The van der Waals surface area contributed by atoms with Gasteiger partial charge < -0.3 is 15.1 Å². The number of carbonyl (C=O) groups is 2. The van der Waals surface area contributed by atoms with Crippen molar-refractivity contribution in [1.29, 1.82) is 0 Å². The van der Waals surface area contributed by atoms with Crippen LogP contribution in [0.1, 0.15) is 39.5 Å². The molecule has 17 heavy (non-hydrogen) atoms. The molecule has 2 N–H and O–H groups in total. The number of carboxylic acids is 1. The zero-order valence-corrected chi connectivity index (χ0v) is 10.5. The summed E-state index contributed by atoms with van der Waals surface area (Å²) in [4.78, 5) is 24.8. The molecule has 0 aliphatic heterocycles. The molecular formula is C12H21NO4. The predicted molar refractivity (Wildman–Crippen MR) is 62.5 cm³/mol. The van der Waals surface area contributed by atoms with Gasteiger partial charge in [-0.05, 0) is 26.7 Å². The Morgan fingerprint density at radius 3 is 2.24 bits per heavy atom. The molecule has 98 valence electrons. The first kappa shape index (κ1) is 14.0. The van der Waals surface area contributed by atoms with E-state index >= 15 is 0 Å². The molecule has 0 aromatic heterocycles. The van der Waals surface area contributed by atoms with E-state index in [1.165, 1.54) is 13.8 Å². The second-order valence-corrected chi connectivity index (χ2v) is 5.09. The molecule has 0 atom stereocenters. The van der Waals surface area contributed by atoms with Crippen molar-refractivity contribution in [2.45, 2.75) is 45.6 Å². The Bertz CT molecular complexity index is 295. The number of carboxylic acid groups (broad SMARTS) is 1. The van der Waals surface area contributed by atoms with Crippen molar-refractivity contribution in [2.24, 2.45) is 5.41 Å². The Labute approximate surface area is 101 Å². The monoisotopic (exact) mass is 243 g/mol. The first-order valence-corrected chi connectivity index (χ1v) is 6.06. The van der Waals surface area contributed by atoms with Gasteiger partial charge >= 0.3 is 5.97 Å². The molecule has 1 aliphatic carbocycles. The lowest BCUT2D eigenvalue weighted by Gasteiger charge is -2.33. The van der Waals surface area contributed by atoms with Crippen LogP contribution in [0.15, 0.2) is 0 Å². The van der Waals surface area contributed by atoms with Gasteiger partial charge in [-0.2, -0.15) is 0 Å². The van der Waals surface area contributed by atoms with Crippen molar-refractivity contribution in [3.05, 3.63) is 0 Å². The maximum Gasteiger partial charge on any atom is 0.318 e. The average Bonchev–Trinajstić information content (AvgIpc) is 2.77. The summed E-state index contributed by atoms with van der Waals surface area (Å²) in [6.07, 6.45) is 3.93. The van der Waals surface area contributed by atoms with Gasteiger partial charge in [0, 0.05) is 12.6 Å². The highest BCUT2D eigenvalue weighted by molar-refractivity contribution is 6.01. The largest absolute Gasteiger partial charge is 0.480 e. The van der Waals surface area contributed by atoms with Crippen LogP contribution >= 0.6 is 0 Å². The van der Waals surface area contributed by atoms with Crippen molar-refractivity contribution in [3.8, 4) is 0 Å². The molecule has 1 aliphatic rings. The third-order valence-electron chi connectivity index (χ3n) is 3.44. The number of aliphatic carboxylic acids is 1. The van der Waals surface area contributed by atoms with Gasteiger partial charge in [-0.25, -0.2) is 0 Å². The van der Waals surface area contributed by atoms with Gasteiger partial charge in [0.25, 0.3) is 0 Å². The molecule has 1 saturated carbocycles. The molecule has 0 spiro atoms. The van der Waals surface area contributed by atoms with Gasteiger partial charge in [-0.3, -0.25) is 9.59 Å².